The summed E-state index contributed by atoms with van der Waals surface area (Å²) in [6, 6.07) is 10.1. The summed E-state index contributed by atoms with van der Waals surface area (Å²) >= 11 is 0. The Kier molecular flexibility index (Phi) is 17.6. The van der Waals surface area contributed by atoms with Gasteiger partial charge < -0.3 is 56.8 Å². The Bertz CT molecular complexity index is 1940. The second-order valence-corrected chi connectivity index (χ2v) is 19.1. The van der Waals surface area contributed by atoms with Crippen LogP contribution in [0.2, 0.25) is 0 Å². The molecule has 5 fully saturated rings. The maximum atomic E-state index is 14.0. The molecule has 0 aromatic heterocycles. The van der Waals surface area contributed by atoms with Crippen molar-refractivity contribution in [1.29, 1.82) is 0 Å². The summed E-state index contributed by atoms with van der Waals surface area (Å²) in [4.78, 5) is 68.6. The monoisotopic (exact) mass is 902 g/mol. The first kappa shape index (κ1) is 50.0. The van der Waals surface area contributed by atoms with Crippen molar-refractivity contribution in [1.82, 2.24) is 26.6 Å². The standard InChI is InChI=1S/C48H72BN7O9/c1-6-7-13-31-15-17-32(18-16-31)33-19-21-34(22-20-33)42(58)53-36(14-9-8-10-23-50)43(59)55-37-28-62-24-11-12-25-63-29-38(54-41(57)30(2)52-44(37)60)45(61)56-46(51)49-64-40-27-35-26-39(47(35,3)4)48(40,5)65-49/h15-22,30,35-40,46H,6-14,23-29,50-51H2,1-5H3,(H,52,60)(H,53,58)(H,54,57)(H,55,59)(H,56,61). The molecule has 65 heavy (non-hydrogen) atoms. The molecule has 3 aliphatic carbocycles. The Balaban J connectivity index is 1.06. The molecule has 16 nitrogen and oxygen atoms in total. The molecular weight excluding hydrogens is 829 g/mol. The lowest BCUT2D eigenvalue weighted by molar-refractivity contribution is -0.199. The van der Waals surface area contributed by atoms with E-state index in [0.717, 1.165) is 56.1 Å². The van der Waals surface area contributed by atoms with E-state index in [9.17, 15) is 24.0 Å². The molecule has 356 valence electrons. The van der Waals surface area contributed by atoms with Crippen LogP contribution in [0.3, 0.4) is 0 Å². The minimum absolute atomic E-state index is 0.130. The number of aryl methyl sites for hydroxylation is 1. The predicted molar refractivity (Wildman–Crippen MR) is 248 cm³/mol. The normalized spacial score (nSPS) is 27.9. The fraction of sp³-hybridized carbons (Fsp3) is 0.646. The van der Waals surface area contributed by atoms with E-state index in [4.69, 9.17) is 30.2 Å². The number of rotatable bonds is 16. The van der Waals surface area contributed by atoms with Crippen molar-refractivity contribution in [2.45, 2.75) is 147 Å². The zero-order chi connectivity index (χ0) is 46.7. The molecule has 5 amide bonds. The van der Waals surface area contributed by atoms with Crippen molar-refractivity contribution in [3.8, 4) is 11.1 Å². The van der Waals surface area contributed by atoms with Gasteiger partial charge in [0.25, 0.3) is 5.91 Å². The number of carbonyl (C=O) groups is 5. The van der Waals surface area contributed by atoms with Crippen LogP contribution in [-0.2, 0) is 44.4 Å². The third-order valence-corrected chi connectivity index (χ3v) is 14.1. The van der Waals surface area contributed by atoms with E-state index in [0.29, 0.717) is 49.6 Å². The maximum Gasteiger partial charge on any atom is 0.497 e. The van der Waals surface area contributed by atoms with Crippen molar-refractivity contribution in [2.24, 2.45) is 28.7 Å². The number of unbranched alkanes of at least 4 members (excludes halogenated alkanes) is 3. The summed E-state index contributed by atoms with van der Waals surface area (Å²) in [7, 11) is -0.873. The second-order valence-electron chi connectivity index (χ2n) is 19.1. The Hall–Kier alpha value is -4.39. The van der Waals surface area contributed by atoms with Crippen molar-refractivity contribution in [2.75, 3.05) is 33.0 Å². The number of benzene rings is 2. The molecule has 2 saturated heterocycles. The van der Waals surface area contributed by atoms with Crippen molar-refractivity contribution >= 4 is 36.7 Å². The van der Waals surface area contributed by atoms with Gasteiger partial charge in [0.1, 0.15) is 30.2 Å². The molecule has 3 saturated carbocycles. The summed E-state index contributed by atoms with van der Waals surface area (Å²) in [6.45, 7) is 10.9. The highest BCUT2D eigenvalue weighted by Gasteiger charge is 2.68. The molecule has 5 aliphatic rings. The van der Waals surface area contributed by atoms with Crippen molar-refractivity contribution in [3.63, 3.8) is 0 Å². The number of amides is 5. The summed E-state index contributed by atoms with van der Waals surface area (Å²) in [5.41, 5.74) is 15.5. The van der Waals surface area contributed by atoms with Gasteiger partial charge in [-0.1, -0.05) is 76.4 Å². The number of nitrogens with two attached hydrogens (primary N) is 2. The summed E-state index contributed by atoms with van der Waals surface area (Å²) in [6.07, 6.45) is 8.64. The molecule has 9 N–H and O–H groups in total. The molecule has 2 aromatic rings. The number of hydrogen-bond donors (Lipinski definition) is 7. The number of ether oxygens (including phenoxy) is 2. The molecule has 7 rings (SSSR count). The lowest BCUT2D eigenvalue weighted by Gasteiger charge is -2.64. The van der Waals surface area contributed by atoms with Crippen molar-refractivity contribution in [3.05, 3.63) is 59.7 Å². The van der Waals surface area contributed by atoms with Gasteiger partial charge in [-0.25, -0.2) is 0 Å². The largest absolute Gasteiger partial charge is 0.497 e. The van der Waals surface area contributed by atoms with Crippen LogP contribution in [0.25, 0.3) is 11.1 Å². The first-order chi connectivity index (χ1) is 31.1. The van der Waals surface area contributed by atoms with Crippen LogP contribution in [0.15, 0.2) is 48.5 Å². The lowest BCUT2D eigenvalue weighted by Crippen LogP contribution is -2.65. The average molecular weight is 902 g/mol. The summed E-state index contributed by atoms with van der Waals surface area (Å²) in [5.74, 6) is -2.09. The van der Waals surface area contributed by atoms with Gasteiger partial charge in [-0.2, -0.15) is 0 Å². The molecule has 2 bridgehead atoms. The van der Waals surface area contributed by atoms with Crippen LogP contribution < -0.4 is 38.1 Å². The van der Waals surface area contributed by atoms with E-state index >= 15 is 0 Å². The highest BCUT2D eigenvalue weighted by molar-refractivity contribution is 6.47. The van der Waals surface area contributed by atoms with Gasteiger partial charge in [-0.05, 0) is 118 Å². The first-order valence-electron chi connectivity index (χ1n) is 23.8. The van der Waals surface area contributed by atoms with E-state index in [-0.39, 0.29) is 37.9 Å². The molecule has 9 atom stereocenters. The van der Waals surface area contributed by atoms with Gasteiger partial charge >= 0.3 is 7.12 Å². The van der Waals surface area contributed by atoms with Crippen molar-refractivity contribution < 1.29 is 42.8 Å². The predicted octanol–water partition coefficient (Wildman–Crippen LogP) is 3.28. The lowest BCUT2D eigenvalue weighted by atomic mass is 9.43. The Morgan fingerprint density at radius 1 is 0.862 bits per heavy atom. The van der Waals surface area contributed by atoms with E-state index in [1.165, 1.54) is 12.5 Å². The quantitative estimate of drug-likeness (QED) is 0.0734. The Morgan fingerprint density at radius 3 is 2.20 bits per heavy atom. The Morgan fingerprint density at radius 2 is 1.54 bits per heavy atom. The Labute approximate surface area is 384 Å². The van der Waals surface area contributed by atoms with Gasteiger partial charge in [-0.3, -0.25) is 24.0 Å². The number of nitrogens with one attached hydrogen (secondary N) is 5. The molecule has 17 heteroatoms. The van der Waals surface area contributed by atoms with Gasteiger partial charge in [0, 0.05) is 18.8 Å². The summed E-state index contributed by atoms with van der Waals surface area (Å²) < 4.78 is 24.4. The van der Waals surface area contributed by atoms with Crippen LogP contribution in [0.4, 0.5) is 0 Å². The molecular formula is C48H72BN7O9. The fourth-order valence-corrected chi connectivity index (χ4v) is 9.75. The minimum Gasteiger partial charge on any atom is -0.403 e. The molecule has 9 unspecified atom stereocenters. The maximum absolute atomic E-state index is 14.0. The van der Waals surface area contributed by atoms with Gasteiger partial charge in [0.15, 0.2) is 0 Å². The van der Waals surface area contributed by atoms with E-state index in [1.807, 2.05) is 12.1 Å². The van der Waals surface area contributed by atoms with E-state index < -0.39 is 72.5 Å². The minimum atomic E-state index is -1.21. The average Bonchev–Trinajstić information content (AvgIpc) is 3.66. The van der Waals surface area contributed by atoms with Crippen LogP contribution in [-0.4, -0.2) is 112 Å². The highest BCUT2D eigenvalue weighted by Crippen LogP contribution is 2.65. The zero-order valence-corrected chi connectivity index (χ0v) is 39.0. The third-order valence-electron chi connectivity index (χ3n) is 14.1. The first-order valence-corrected chi connectivity index (χ1v) is 23.8. The molecule has 2 heterocycles. The highest BCUT2D eigenvalue weighted by atomic mass is 16.7. The summed E-state index contributed by atoms with van der Waals surface area (Å²) in [5, 5.41) is 13.8. The van der Waals surface area contributed by atoms with Gasteiger partial charge in [0.05, 0.1) is 24.9 Å². The van der Waals surface area contributed by atoms with Gasteiger partial charge in [-0.15, -0.1) is 0 Å². The third kappa shape index (κ3) is 12.5. The second kappa shape index (κ2) is 22.9. The topological polar surface area (TPSA) is 234 Å². The SMILES string of the molecule is CCCCc1ccc(-c2ccc(C(=O)NC(CCCCCN)C(=O)NC3COCCCCOCC(C(=O)NC(N)B4OC5CC6CC(C6(C)C)C5(C)O4)NC(=O)C(C)NC3=O)cc2)cc1. The molecule has 2 aromatic carbocycles. The zero-order valence-electron chi connectivity index (χ0n) is 39.0. The molecule has 2 aliphatic heterocycles. The van der Waals surface area contributed by atoms with Gasteiger partial charge in [0.2, 0.25) is 23.6 Å². The number of carbonyl (C=O) groups excluding carboxylic acids is 5. The van der Waals surface area contributed by atoms with Crippen LogP contribution in [0.5, 0.6) is 0 Å². The number of hydrogen-bond acceptors (Lipinski definition) is 11. The van der Waals surface area contributed by atoms with Crippen LogP contribution >= 0.6 is 0 Å². The fourth-order valence-electron chi connectivity index (χ4n) is 9.75. The van der Waals surface area contributed by atoms with Crippen LogP contribution in [0, 0.1) is 17.3 Å². The molecule has 0 spiro atoms. The van der Waals surface area contributed by atoms with E-state index in [2.05, 4.69) is 78.5 Å². The van der Waals surface area contributed by atoms with Crippen LogP contribution in [0.1, 0.15) is 115 Å². The smallest absolute Gasteiger partial charge is 0.403 e. The molecule has 0 radical (unpaired) electrons. The van der Waals surface area contributed by atoms with E-state index in [1.54, 1.807) is 12.1 Å².